The first-order valence-corrected chi connectivity index (χ1v) is 7.20. The second kappa shape index (κ2) is 6.35. The van der Waals surface area contributed by atoms with E-state index in [1.165, 1.54) is 24.9 Å². The molecule has 2 heteroatoms. The van der Waals surface area contributed by atoms with Gasteiger partial charge in [0.1, 0.15) is 0 Å². The van der Waals surface area contributed by atoms with E-state index in [0.29, 0.717) is 12.1 Å². The van der Waals surface area contributed by atoms with Crippen molar-refractivity contribution in [3.8, 4) is 0 Å². The Morgan fingerprint density at radius 3 is 2.72 bits per heavy atom. The average molecular weight is 246 g/mol. The van der Waals surface area contributed by atoms with Gasteiger partial charge in [0.2, 0.25) is 0 Å². The highest BCUT2D eigenvalue weighted by Crippen LogP contribution is 2.24. The lowest BCUT2D eigenvalue weighted by atomic mass is 9.90. The van der Waals surface area contributed by atoms with Crippen molar-refractivity contribution in [1.29, 1.82) is 0 Å². The predicted molar refractivity (Wildman–Crippen MR) is 77.6 cm³/mol. The molecule has 1 aromatic rings. The first-order chi connectivity index (χ1) is 8.70. The van der Waals surface area contributed by atoms with Crippen LogP contribution in [0.25, 0.3) is 0 Å². The van der Waals surface area contributed by atoms with Crippen molar-refractivity contribution in [2.45, 2.75) is 45.2 Å². The number of hydrogen-bond acceptors (Lipinski definition) is 2. The van der Waals surface area contributed by atoms with E-state index in [2.05, 4.69) is 49.1 Å². The molecule has 2 nitrogen and oxygen atoms in total. The van der Waals surface area contributed by atoms with Crippen LogP contribution in [0.4, 0.5) is 0 Å². The quantitative estimate of drug-likeness (QED) is 0.885. The van der Waals surface area contributed by atoms with Gasteiger partial charge in [-0.15, -0.1) is 0 Å². The zero-order valence-corrected chi connectivity index (χ0v) is 11.7. The van der Waals surface area contributed by atoms with E-state index in [1.807, 2.05) is 0 Å². The molecular weight excluding hydrogens is 220 g/mol. The largest absolute Gasteiger partial charge is 0.329 e. The fourth-order valence-corrected chi connectivity index (χ4v) is 3.15. The summed E-state index contributed by atoms with van der Waals surface area (Å²) < 4.78 is 0. The number of nitrogens with zero attached hydrogens (tertiary/aromatic N) is 1. The number of benzene rings is 1. The zero-order valence-electron chi connectivity index (χ0n) is 11.7. The molecule has 0 bridgehead atoms. The second-order valence-corrected chi connectivity index (χ2v) is 5.80. The lowest BCUT2D eigenvalue weighted by molar-refractivity contribution is 0.0835. The minimum atomic E-state index is 0.576. The van der Waals surface area contributed by atoms with Crippen molar-refractivity contribution in [2.75, 3.05) is 13.1 Å². The molecule has 1 aliphatic rings. The molecule has 3 atom stereocenters. The highest BCUT2D eigenvalue weighted by Gasteiger charge is 2.28. The summed E-state index contributed by atoms with van der Waals surface area (Å²) in [5.74, 6) is 0.832. The molecule has 1 saturated heterocycles. The van der Waals surface area contributed by atoms with Gasteiger partial charge in [-0.2, -0.15) is 0 Å². The molecule has 0 spiro atoms. The third kappa shape index (κ3) is 3.33. The minimum absolute atomic E-state index is 0.576. The molecule has 1 aromatic carbocycles. The van der Waals surface area contributed by atoms with E-state index in [9.17, 15) is 0 Å². The van der Waals surface area contributed by atoms with Crippen LogP contribution in [0.2, 0.25) is 0 Å². The standard InChI is InChI=1S/C16H26N2/c1-13-8-9-18(16(10-13)12-17)14(2)11-15-6-4-3-5-7-15/h3-7,13-14,16H,8-12,17H2,1-2H3. The average Bonchev–Trinajstić information content (AvgIpc) is 2.39. The van der Waals surface area contributed by atoms with E-state index in [0.717, 1.165) is 18.9 Å². The van der Waals surface area contributed by atoms with Crippen LogP contribution in [0.5, 0.6) is 0 Å². The molecule has 18 heavy (non-hydrogen) atoms. The van der Waals surface area contributed by atoms with Crippen LogP contribution < -0.4 is 5.73 Å². The lowest BCUT2D eigenvalue weighted by Crippen LogP contribution is -2.50. The van der Waals surface area contributed by atoms with Crippen LogP contribution >= 0.6 is 0 Å². The number of hydrogen-bond donors (Lipinski definition) is 1. The summed E-state index contributed by atoms with van der Waals surface area (Å²) in [6.07, 6.45) is 3.71. The van der Waals surface area contributed by atoms with Gasteiger partial charge in [0.25, 0.3) is 0 Å². The van der Waals surface area contributed by atoms with Crippen molar-refractivity contribution in [2.24, 2.45) is 11.7 Å². The summed E-state index contributed by atoms with van der Waals surface area (Å²) in [6, 6.07) is 11.9. The van der Waals surface area contributed by atoms with E-state index in [1.54, 1.807) is 0 Å². The molecular formula is C16H26N2. The smallest absolute Gasteiger partial charge is 0.0223 e. The molecule has 1 heterocycles. The Morgan fingerprint density at radius 1 is 1.33 bits per heavy atom. The summed E-state index contributed by atoms with van der Waals surface area (Å²) in [6.45, 7) is 6.69. The molecule has 3 unspecified atom stereocenters. The Hall–Kier alpha value is -0.860. The fraction of sp³-hybridized carbons (Fsp3) is 0.625. The Kier molecular flexibility index (Phi) is 4.79. The Morgan fingerprint density at radius 2 is 2.06 bits per heavy atom. The van der Waals surface area contributed by atoms with E-state index < -0.39 is 0 Å². The summed E-state index contributed by atoms with van der Waals surface area (Å²) in [5.41, 5.74) is 7.38. The molecule has 0 aliphatic carbocycles. The molecule has 0 saturated carbocycles. The van der Waals surface area contributed by atoms with Gasteiger partial charge in [-0.25, -0.2) is 0 Å². The van der Waals surface area contributed by atoms with E-state index in [-0.39, 0.29) is 0 Å². The summed E-state index contributed by atoms with van der Waals surface area (Å²) >= 11 is 0. The van der Waals surface area contributed by atoms with Gasteiger partial charge in [0.05, 0.1) is 0 Å². The maximum Gasteiger partial charge on any atom is 0.0223 e. The van der Waals surface area contributed by atoms with Crippen molar-refractivity contribution in [1.82, 2.24) is 4.90 Å². The zero-order chi connectivity index (χ0) is 13.0. The highest BCUT2D eigenvalue weighted by molar-refractivity contribution is 5.15. The van der Waals surface area contributed by atoms with Crippen LogP contribution in [0, 0.1) is 5.92 Å². The molecule has 100 valence electrons. The van der Waals surface area contributed by atoms with Gasteiger partial charge in [-0.3, -0.25) is 4.90 Å². The first kappa shape index (κ1) is 13.6. The van der Waals surface area contributed by atoms with Crippen molar-refractivity contribution in [3.05, 3.63) is 35.9 Å². The summed E-state index contributed by atoms with van der Waals surface area (Å²) in [5, 5.41) is 0. The van der Waals surface area contributed by atoms with Gasteiger partial charge < -0.3 is 5.73 Å². The van der Waals surface area contributed by atoms with Gasteiger partial charge in [-0.05, 0) is 44.2 Å². The van der Waals surface area contributed by atoms with Crippen LogP contribution in [0.3, 0.4) is 0 Å². The third-order valence-corrected chi connectivity index (χ3v) is 4.24. The van der Waals surface area contributed by atoms with Crippen LogP contribution in [0.1, 0.15) is 32.3 Å². The van der Waals surface area contributed by atoms with Gasteiger partial charge in [0.15, 0.2) is 0 Å². The topological polar surface area (TPSA) is 29.3 Å². The molecule has 0 radical (unpaired) electrons. The number of likely N-dealkylation sites (tertiary alicyclic amines) is 1. The Bertz CT molecular complexity index is 349. The van der Waals surface area contributed by atoms with Gasteiger partial charge in [0, 0.05) is 18.6 Å². The van der Waals surface area contributed by atoms with Crippen LogP contribution in [-0.4, -0.2) is 30.1 Å². The van der Waals surface area contributed by atoms with Gasteiger partial charge >= 0.3 is 0 Å². The Balaban J connectivity index is 1.97. The summed E-state index contributed by atoms with van der Waals surface area (Å²) in [4.78, 5) is 2.62. The van der Waals surface area contributed by atoms with Crippen molar-refractivity contribution >= 4 is 0 Å². The summed E-state index contributed by atoms with van der Waals surface area (Å²) in [7, 11) is 0. The maximum atomic E-state index is 5.95. The van der Waals surface area contributed by atoms with Gasteiger partial charge in [-0.1, -0.05) is 37.3 Å². The normalized spacial score (nSPS) is 27.1. The van der Waals surface area contributed by atoms with E-state index in [4.69, 9.17) is 5.73 Å². The highest BCUT2D eigenvalue weighted by atomic mass is 15.2. The maximum absolute atomic E-state index is 5.95. The molecule has 0 aromatic heterocycles. The lowest BCUT2D eigenvalue weighted by Gasteiger charge is -2.41. The molecule has 1 aliphatic heterocycles. The SMILES string of the molecule is CC1CCN(C(C)Cc2ccccc2)C(CN)C1. The van der Waals surface area contributed by atoms with Crippen molar-refractivity contribution < 1.29 is 0 Å². The molecule has 0 amide bonds. The van der Waals surface area contributed by atoms with Crippen LogP contribution in [0.15, 0.2) is 30.3 Å². The third-order valence-electron chi connectivity index (χ3n) is 4.24. The monoisotopic (exact) mass is 246 g/mol. The number of rotatable bonds is 4. The minimum Gasteiger partial charge on any atom is -0.329 e. The fourth-order valence-electron chi connectivity index (χ4n) is 3.15. The Labute approximate surface area is 111 Å². The predicted octanol–water partition coefficient (Wildman–Crippen LogP) is 2.68. The first-order valence-electron chi connectivity index (χ1n) is 7.20. The van der Waals surface area contributed by atoms with Crippen LogP contribution in [-0.2, 0) is 6.42 Å². The number of nitrogens with two attached hydrogens (primary N) is 1. The molecule has 1 fully saturated rings. The van der Waals surface area contributed by atoms with E-state index >= 15 is 0 Å². The molecule has 2 rings (SSSR count). The number of piperidine rings is 1. The molecule has 2 N–H and O–H groups in total. The second-order valence-electron chi connectivity index (χ2n) is 5.80. The van der Waals surface area contributed by atoms with Crippen molar-refractivity contribution in [3.63, 3.8) is 0 Å².